The van der Waals surface area contributed by atoms with E-state index in [1.165, 1.54) is 4.90 Å². The van der Waals surface area contributed by atoms with E-state index in [9.17, 15) is 13.2 Å². The number of sulfonamides is 1. The largest absolute Gasteiger partial charge is 0.370 e. The number of rotatable bonds is 8. The number of carbonyl (C=O) groups is 1. The monoisotopic (exact) mass is 384 g/mol. The Morgan fingerprint density at radius 1 is 1.19 bits per heavy atom. The van der Waals surface area contributed by atoms with Gasteiger partial charge < -0.3 is 15.0 Å². The van der Waals surface area contributed by atoms with E-state index in [4.69, 9.17) is 4.74 Å². The van der Waals surface area contributed by atoms with Crippen LogP contribution in [0.25, 0.3) is 0 Å². The van der Waals surface area contributed by atoms with Crippen LogP contribution in [0.1, 0.15) is 17.5 Å². The molecule has 0 spiro atoms. The van der Waals surface area contributed by atoms with Crippen LogP contribution < -0.4 is 14.5 Å². The van der Waals surface area contributed by atoms with E-state index < -0.39 is 10.0 Å². The Labute approximate surface area is 156 Å². The Hall–Kier alpha value is -1.64. The van der Waals surface area contributed by atoms with Crippen molar-refractivity contribution in [3.63, 3.8) is 0 Å². The van der Waals surface area contributed by atoms with Gasteiger partial charge in [0.15, 0.2) is 0 Å². The number of aryl methyl sites for hydroxylation is 2. The highest BCUT2D eigenvalue weighted by Gasteiger charge is 2.21. The molecule has 0 saturated carbocycles. The predicted octanol–water partition coefficient (Wildman–Crippen LogP) is -0.509. The summed E-state index contributed by atoms with van der Waals surface area (Å²) in [7, 11) is -3.54. The first-order valence-electron chi connectivity index (χ1n) is 9.00. The van der Waals surface area contributed by atoms with Crippen LogP contribution in [0.15, 0.2) is 18.2 Å². The Morgan fingerprint density at radius 2 is 1.81 bits per heavy atom. The second-order valence-corrected chi connectivity index (χ2v) is 8.84. The second kappa shape index (κ2) is 9.34. The van der Waals surface area contributed by atoms with Crippen LogP contribution >= 0.6 is 0 Å². The molecule has 1 heterocycles. The molecular weight excluding hydrogens is 354 g/mol. The van der Waals surface area contributed by atoms with Crippen LogP contribution in [0.5, 0.6) is 0 Å². The summed E-state index contributed by atoms with van der Waals surface area (Å²) in [6, 6.07) is 5.53. The zero-order valence-electron chi connectivity index (χ0n) is 15.9. The quantitative estimate of drug-likeness (QED) is 0.592. The van der Waals surface area contributed by atoms with Gasteiger partial charge in [-0.3, -0.25) is 9.10 Å². The molecule has 0 atom stereocenters. The van der Waals surface area contributed by atoms with Gasteiger partial charge in [0.05, 0.1) is 31.7 Å². The fraction of sp³-hybridized carbons (Fsp3) is 0.611. The minimum absolute atomic E-state index is 0.202. The average molecular weight is 385 g/mol. The summed E-state index contributed by atoms with van der Waals surface area (Å²) in [5.41, 5.74) is 2.45. The molecular formula is C18H30N3O4S+. The van der Waals surface area contributed by atoms with Crippen LogP contribution in [0.4, 0.5) is 5.69 Å². The van der Waals surface area contributed by atoms with Crippen LogP contribution in [0.2, 0.25) is 0 Å². The number of amides is 1. The predicted molar refractivity (Wildman–Crippen MR) is 102 cm³/mol. The maximum Gasteiger partial charge on any atom is 0.240 e. The third-order valence-corrected chi connectivity index (χ3v) is 5.55. The van der Waals surface area contributed by atoms with Crippen molar-refractivity contribution in [2.75, 3.05) is 56.5 Å². The second-order valence-electron chi connectivity index (χ2n) is 6.93. The molecule has 1 aliphatic rings. The van der Waals surface area contributed by atoms with E-state index in [-0.39, 0.29) is 12.5 Å². The molecule has 0 radical (unpaired) electrons. The number of anilines is 1. The summed E-state index contributed by atoms with van der Waals surface area (Å²) in [6.07, 6.45) is 1.99. The van der Waals surface area contributed by atoms with E-state index in [2.05, 4.69) is 5.32 Å². The minimum atomic E-state index is -3.54. The highest BCUT2D eigenvalue weighted by Crippen LogP contribution is 2.21. The van der Waals surface area contributed by atoms with Gasteiger partial charge in [-0.2, -0.15) is 0 Å². The van der Waals surface area contributed by atoms with E-state index in [0.717, 1.165) is 61.0 Å². The molecule has 146 valence electrons. The van der Waals surface area contributed by atoms with Gasteiger partial charge >= 0.3 is 0 Å². The Bertz CT molecular complexity index is 695. The van der Waals surface area contributed by atoms with Crippen molar-refractivity contribution in [2.45, 2.75) is 20.3 Å². The Balaban J connectivity index is 1.88. The standard InChI is InChI=1S/C18H29N3O4S/c1-15-11-16(2)13-17(12-15)21(26(3,23)24)14-18(22)19-5-4-6-20-7-9-25-10-8-20/h11-13H,4-10,14H2,1-3H3,(H,19,22)/p+1. The number of hydrogen-bond acceptors (Lipinski definition) is 4. The maximum absolute atomic E-state index is 12.3. The molecule has 0 aromatic heterocycles. The topological polar surface area (TPSA) is 80.2 Å². The van der Waals surface area contributed by atoms with E-state index in [0.29, 0.717) is 12.2 Å². The number of ether oxygens (including phenoxy) is 1. The smallest absolute Gasteiger partial charge is 0.240 e. The van der Waals surface area contributed by atoms with Crippen molar-refractivity contribution < 1.29 is 22.8 Å². The van der Waals surface area contributed by atoms with Gasteiger partial charge in [0.25, 0.3) is 0 Å². The molecule has 0 aliphatic carbocycles. The number of morpholine rings is 1. The highest BCUT2D eigenvalue weighted by molar-refractivity contribution is 7.92. The van der Waals surface area contributed by atoms with Gasteiger partial charge in [-0.25, -0.2) is 8.42 Å². The van der Waals surface area contributed by atoms with Crippen LogP contribution in [0, 0.1) is 13.8 Å². The molecule has 0 bridgehead atoms. The van der Waals surface area contributed by atoms with Crippen molar-refractivity contribution in [3.05, 3.63) is 29.3 Å². The molecule has 1 aromatic carbocycles. The number of benzene rings is 1. The van der Waals surface area contributed by atoms with Crippen LogP contribution in [-0.2, 0) is 19.6 Å². The summed E-state index contributed by atoms with van der Waals surface area (Å²) in [5, 5.41) is 2.83. The van der Waals surface area contributed by atoms with Crippen molar-refractivity contribution in [3.8, 4) is 0 Å². The number of carbonyl (C=O) groups excluding carboxylic acids is 1. The van der Waals surface area contributed by atoms with Crippen LogP contribution in [0.3, 0.4) is 0 Å². The van der Waals surface area contributed by atoms with E-state index >= 15 is 0 Å². The lowest BCUT2D eigenvalue weighted by atomic mass is 10.1. The summed E-state index contributed by atoms with van der Waals surface area (Å²) >= 11 is 0. The molecule has 2 rings (SSSR count). The van der Waals surface area contributed by atoms with Crippen molar-refractivity contribution >= 4 is 21.6 Å². The zero-order valence-corrected chi connectivity index (χ0v) is 16.7. The molecule has 1 fully saturated rings. The van der Waals surface area contributed by atoms with Crippen molar-refractivity contribution in [1.29, 1.82) is 0 Å². The number of nitrogens with zero attached hydrogens (tertiary/aromatic N) is 1. The Kier molecular flexibility index (Phi) is 7.43. The lowest BCUT2D eigenvalue weighted by Crippen LogP contribution is -3.14. The highest BCUT2D eigenvalue weighted by atomic mass is 32.2. The first-order chi connectivity index (χ1) is 12.3. The average Bonchev–Trinajstić information content (AvgIpc) is 2.55. The van der Waals surface area contributed by atoms with Gasteiger partial charge in [-0.05, 0) is 37.1 Å². The van der Waals surface area contributed by atoms with Gasteiger partial charge in [0, 0.05) is 13.0 Å². The SMILES string of the molecule is Cc1cc(C)cc(N(CC(=O)NCCC[NH+]2CCOCC2)S(C)(=O)=O)c1. The summed E-state index contributed by atoms with van der Waals surface area (Å²) in [5.74, 6) is -0.286. The molecule has 7 nitrogen and oxygen atoms in total. The third kappa shape index (κ3) is 6.59. The lowest BCUT2D eigenvalue weighted by Gasteiger charge is -2.24. The maximum atomic E-state index is 12.3. The molecule has 26 heavy (non-hydrogen) atoms. The number of quaternary nitrogens is 1. The minimum Gasteiger partial charge on any atom is -0.370 e. The fourth-order valence-corrected chi connectivity index (χ4v) is 4.00. The summed E-state index contributed by atoms with van der Waals surface area (Å²) in [4.78, 5) is 13.7. The van der Waals surface area contributed by atoms with E-state index in [1.54, 1.807) is 12.1 Å². The molecule has 1 aliphatic heterocycles. The number of nitrogens with one attached hydrogen (secondary N) is 2. The molecule has 2 N–H and O–H groups in total. The van der Waals surface area contributed by atoms with Gasteiger partial charge in [0.2, 0.25) is 15.9 Å². The normalized spacial score (nSPS) is 15.7. The van der Waals surface area contributed by atoms with Crippen LogP contribution in [-0.4, -0.2) is 66.5 Å². The van der Waals surface area contributed by atoms with E-state index in [1.807, 2.05) is 19.9 Å². The molecule has 1 aromatic rings. The zero-order chi connectivity index (χ0) is 19.2. The van der Waals surface area contributed by atoms with Crippen molar-refractivity contribution in [2.24, 2.45) is 0 Å². The molecule has 1 saturated heterocycles. The first kappa shape index (κ1) is 20.7. The fourth-order valence-electron chi connectivity index (χ4n) is 3.16. The molecule has 8 heteroatoms. The number of hydrogen-bond donors (Lipinski definition) is 2. The van der Waals surface area contributed by atoms with Gasteiger partial charge in [-0.1, -0.05) is 6.07 Å². The van der Waals surface area contributed by atoms with Crippen molar-refractivity contribution in [1.82, 2.24) is 5.32 Å². The first-order valence-corrected chi connectivity index (χ1v) is 10.8. The molecule has 1 amide bonds. The summed E-state index contributed by atoms with van der Waals surface area (Å²) < 4.78 is 30.8. The summed E-state index contributed by atoms with van der Waals surface area (Å²) in [6.45, 7) is 8.74. The molecule has 0 unspecified atom stereocenters. The van der Waals surface area contributed by atoms with Gasteiger partial charge in [-0.15, -0.1) is 0 Å². The Morgan fingerprint density at radius 3 is 2.38 bits per heavy atom. The lowest BCUT2D eigenvalue weighted by molar-refractivity contribution is -0.908. The van der Waals surface area contributed by atoms with Gasteiger partial charge in [0.1, 0.15) is 19.6 Å². The third-order valence-electron chi connectivity index (χ3n) is 4.41.